The molecule has 0 heterocycles. The number of hydrogen-bond acceptors (Lipinski definition) is 1. The maximum absolute atomic E-state index is 3.83. The molecule has 1 aromatic carbocycles. The Morgan fingerprint density at radius 3 is 2.39 bits per heavy atom. The van der Waals surface area contributed by atoms with E-state index < -0.39 is 8.24 Å². The van der Waals surface area contributed by atoms with Crippen LogP contribution in [0.2, 0.25) is 18.1 Å². The third-order valence-electron chi connectivity index (χ3n) is 4.40. The van der Waals surface area contributed by atoms with E-state index in [1.807, 2.05) is 6.08 Å². The number of benzene rings is 1. The first-order valence-corrected chi connectivity index (χ1v) is 9.56. The van der Waals surface area contributed by atoms with Gasteiger partial charge in [-0.3, -0.25) is 0 Å². The molecule has 0 radical (unpaired) electrons. The van der Waals surface area contributed by atoms with Gasteiger partial charge < -0.3 is 4.57 Å². The fourth-order valence-corrected chi connectivity index (χ4v) is 3.59. The number of rotatable bonds is 4. The lowest BCUT2D eigenvalue weighted by atomic mass is 10.1. The summed E-state index contributed by atoms with van der Waals surface area (Å²) in [5.41, 5.74) is 2.58. The van der Waals surface area contributed by atoms with Crippen molar-refractivity contribution in [3.8, 4) is 0 Å². The van der Waals surface area contributed by atoms with Crippen molar-refractivity contribution in [3.63, 3.8) is 0 Å². The van der Waals surface area contributed by atoms with E-state index in [9.17, 15) is 0 Å². The summed E-state index contributed by atoms with van der Waals surface area (Å²) >= 11 is 0. The smallest absolute Gasteiger partial charge is 0.127 e. The van der Waals surface area contributed by atoms with Crippen molar-refractivity contribution < 1.29 is 0 Å². The molecule has 1 nitrogen and oxygen atoms in total. The van der Waals surface area contributed by atoms with Crippen LogP contribution in [-0.4, -0.2) is 19.8 Å². The van der Waals surface area contributed by atoms with Gasteiger partial charge in [0.2, 0.25) is 0 Å². The SMILES string of the molecule is C=Cc1cccc(CN(C)[Si](C)(C)C(C)(C)C)c1. The van der Waals surface area contributed by atoms with Gasteiger partial charge in [-0.05, 0) is 23.2 Å². The van der Waals surface area contributed by atoms with Gasteiger partial charge in [-0.1, -0.05) is 70.8 Å². The van der Waals surface area contributed by atoms with Crippen molar-refractivity contribution in [1.82, 2.24) is 4.57 Å². The molecule has 0 aromatic heterocycles. The van der Waals surface area contributed by atoms with Crippen LogP contribution in [0.1, 0.15) is 31.9 Å². The van der Waals surface area contributed by atoms with E-state index >= 15 is 0 Å². The molecular weight excluding hydrogens is 234 g/mol. The highest BCUT2D eigenvalue weighted by atomic mass is 28.3. The predicted octanol–water partition coefficient (Wildman–Crippen LogP) is 4.77. The second-order valence-electron chi connectivity index (χ2n) is 6.61. The van der Waals surface area contributed by atoms with Crippen LogP contribution in [0.3, 0.4) is 0 Å². The Hall–Kier alpha value is -0.863. The summed E-state index contributed by atoms with van der Waals surface area (Å²) in [4.78, 5) is 0. The summed E-state index contributed by atoms with van der Waals surface area (Å²) in [5, 5.41) is 0.387. The summed E-state index contributed by atoms with van der Waals surface area (Å²) < 4.78 is 2.56. The average Bonchev–Trinajstić information content (AvgIpc) is 2.27. The van der Waals surface area contributed by atoms with E-state index in [-0.39, 0.29) is 0 Å². The van der Waals surface area contributed by atoms with E-state index in [4.69, 9.17) is 0 Å². The Balaban J connectivity index is 2.87. The number of nitrogens with zero attached hydrogens (tertiary/aromatic N) is 1. The van der Waals surface area contributed by atoms with Crippen LogP contribution in [0.4, 0.5) is 0 Å². The maximum Gasteiger partial charge on any atom is 0.127 e. The first-order valence-electron chi connectivity index (χ1n) is 6.61. The Morgan fingerprint density at radius 2 is 1.89 bits per heavy atom. The molecule has 0 fully saturated rings. The third kappa shape index (κ3) is 3.33. The van der Waals surface area contributed by atoms with Gasteiger partial charge in [-0.25, -0.2) is 0 Å². The van der Waals surface area contributed by atoms with Crippen LogP contribution in [0.15, 0.2) is 30.8 Å². The number of hydrogen-bond donors (Lipinski definition) is 0. The average molecular weight is 261 g/mol. The van der Waals surface area contributed by atoms with Crippen molar-refractivity contribution in [1.29, 1.82) is 0 Å². The van der Waals surface area contributed by atoms with Crippen molar-refractivity contribution in [2.75, 3.05) is 7.05 Å². The van der Waals surface area contributed by atoms with Crippen LogP contribution >= 0.6 is 0 Å². The quantitative estimate of drug-likeness (QED) is 0.706. The lowest BCUT2D eigenvalue weighted by Gasteiger charge is -2.44. The molecule has 0 saturated heterocycles. The molecule has 1 rings (SSSR count). The van der Waals surface area contributed by atoms with Crippen LogP contribution in [-0.2, 0) is 6.54 Å². The third-order valence-corrected chi connectivity index (χ3v) is 10.1. The molecule has 0 unspecified atom stereocenters. The topological polar surface area (TPSA) is 3.24 Å². The van der Waals surface area contributed by atoms with Crippen LogP contribution in [0.5, 0.6) is 0 Å². The molecule has 0 bridgehead atoms. The van der Waals surface area contributed by atoms with Gasteiger partial charge >= 0.3 is 0 Å². The van der Waals surface area contributed by atoms with Crippen LogP contribution < -0.4 is 0 Å². The zero-order chi connectivity index (χ0) is 14.0. The largest absolute Gasteiger partial charge is 0.322 e. The minimum atomic E-state index is -1.41. The molecule has 1 aromatic rings. The highest BCUT2D eigenvalue weighted by Gasteiger charge is 2.38. The molecular formula is C16H27NSi. The first kappa shape index (κ1) is 15.2. The monoisotopic (exact) mass is 261 g/mol. The van der Waals surface area contributed by atoms with Crippen LogP contribution in [0.25, 0.3) is 6.08 Å². The zero-order valence-corrected chi connectivity index (χ0v) is 13.7. The van der Waals surface area contributed by atoms with E-state index in [0.717, 1.165) is 6.54 Å². The standard InChI is InChI=1S/C16H27NSi/c1-8-14-10-9-11-15(12-14)13-17(5)18(6,7)16(2,3)4/h8-12H,1,13H2,2-7H3. The van der Waals surface area contributed by atoms with Gasteiger partial charge in [-0.15, -0.1) is 0 Å². The second kappa shape index (κ2) is 5.41. The molecule has 0 aliphatic carbocycles. The molecule has 0 N–H and O–H groups in total. The molecule has 0 aliphatic heterocycles. The highest BCUT2D eigenvalue weighted by Crippen LogP contribution is 2.38. The van der Waals surface area contributed by atoms with E-state index in [2.05, 4.69) is 76.3 Å². The Morgan fingerprint density at radius 1 is 1.28 bits per heavy atom. The lowest BCUT2D eigenvalue weighted by molar-refractivity contribution is 0.464. The molecule has 0 aliphatic rings. The van der Waals surface area contributed by atoms with E-state index in [1.165, 1.54) is 11.1 Å². The molecule has 0 atom stereocenters. The van der Waals surface area contributed by atoms with Gasteiger partial charge in [0.15, 0.2) is 0 Å². The maximum atomic E-state index is 3.83. The highest BCUT2D eigenvalue weighted by molar-refractivity contribution is 6.77. The van der Waals surface area contributed by atoms with Crippen molar-refractivity contribution in [2.45, 2.75) is 45.4 Å². The first-order chi connectivity index (χ1) is 8.18. The second-order valence-corrected chi connectivity index (χ2v) is 12.0. The molecule has 18 heavy (non-hydrogen) atoms. The molecule has 0 spiro atoms. The Labute approximate surface area is 114 Å². The molecule has 2 heteroatoms. The van der Waals surface area contributed by atoms with Gasteiger partial charge in [0, 0.05) is 6.54 Å². The normalized spacial score (nSPS) is 12.8. The summed E-state index contributed by atoms with van der Waals surface area (Å²) in [7, 11) is 0.851. The summed E-state index contributed by atoms with van der Waals surface area (Å²) in [6.45, 7) is 16.8. The van der Waals surface area contributed by atoms with Gasteiger partial charge in [0.05, 0.1) is 0 Å². The molecule has 100 valence electrons. The minimum Gasteiger partial charge on any atom is -0.322 e. The zero-order valence-electron chi connectivity index (χ0n) is 12.7. The fourth-order valence-electron chi connectivity index (χ4n) is 1.86. The Bertz CT molecular complexity index is 415. The molecule has 0 amide bonds. The van der Waals surface area contributed by atoms with Crippen LogP contribution in [0, 0.1) is 0 Å². The van der Waals surface area contributed by atoms with E-state index in [0.29, 0.717) is 5.04 Å². The van der Waals surface area contributed by atoms with Gasteiger partial charge in [0.25, 0.3) is 0 Å². The summed E-state index contributed by atoms with van der Waals surface area (Å²) in [5.74, 6) is 0. The predicted molar refractivity (Wildman–Crippen MR) is 85.2 cm³/mol. The van der Waals surface area contributed by atoms with Gasteiger partial charge in [0.1, 0.15) is 8.24 Å². The van der Waals surface area contributed by atoms with Crippen molar-refractivity contribution >= 4 is 14.3 Å². The van der Waals surface area contributed by atoms with Crippen molar-refractivity contribution in [2.24, 2.45) is 0 Å². The Kier molecular flexibility index (Phi) is 4.57. The van der Waals surface area contributed by atoms with E-state index in [1.54, 1.807) is 0 Å². The lowest BCUT2D eigenvalue weighted by Crippen LogP contribution is -2.52. The van der Waals surface area contributed by atoms with Crippen molar-refractivity contribution in [3.05, 3.63) is 42.0 Å². The van der Waals surface area contributed by atoms with Gasteiger partial charge in [-0.2, -0.15) is 0 Å². The minimum absolute atomic E-state index is 0.387. The fraction of sp³-hybridized carbons (Fsp3) is 0.500. The molecule has 0 saturated carbocycles. The summed E-state index contributed by atoms with van der Waals surface area (Å²) in [6.07, 6.45) is 1.91. The summed E-state index contributed by atoms with van der Waals surface area (Å²) in [6, 6.07) is 8.65.